The summed E-state index contributed by atoms with van der Waals surface area (Å²) in [6.07, 6.45) is 3.09. The molecular formula is C15H29N3. The number of aromatic nitrogens is 2. The lowest BCUT2D eigenvalue weighted by atomic mass is 9.87. The number of nitrogens with one attached hydrogen (secondary N) is 1. The molecule has 0 aliphatic rings. The Morgan fingerprint density at radius 2 is 1.83 bits per heavy atom. The van der Waals surface area contributed by atoms with Gasteiger partial charge in [0, 0.05) is 24.3 Å². The van der Waals surface area contributed by atoms with Crippen LogP contribution in [0.2, 0.25) is 0 Å². The molecule has 1 heterocycles. The van der Waals surface area contributed by atoms with Crippen LogP contribution in [0, 0.1) is 5.41 Å². The molecule has 3 nitrogen and oxygen atoms in total. The van der Waals surface area contributed by atoms with Crippen molar-refractivity contribution >= 4 is 0 Å². The van der Waals surface area contributed by atoms with Crippen molar-refractivity contribution in [1.82, 2.24) is 15.1 Å². The maximum absolute atomic E-state index is 4.63. The maximum Gasteiger partial charge on any atom is 0.0630 e. The lowest BCUT2D eigenvalue weighted by Crippen LogP contribution is -2.42. The Morgan fingerprint density at radius 3 is 2.28 bits per heavy atom. The molecule has 1 rings (SSSR count). The molecule has 0 radical (unpaired) electrons. The van der Waals surface area contributed by atoms with E-state index in [9.17, 15) is 0 Å². The van der Waals surface area contributed by atoms with E-state index < -0.39 is 0 Å². The summed E-state index contributed by atoms with van der Waals surface area (Å²) in [6.45, 7) is 16.5. The molecule has 0 fully saturated rings. The van der Waals surface area contributed by atoms with Gasteiger partial charge in [0.2, 0.25) is 0 Å². The first-order valence-corrected chi connectivity index (χ1v) is 6.88. The first-order chi connectivity index (χ1) is 8.09. The van der Waals surface area contributed by atoms with Crippen molar-refractivity contribution in [3.8, 4) is 0 Å². The third-order valence-electron chi connectivity index (χ3n) is 2.95. The van der Waals surface area contributed by atoms with Gasteiger partial charge in [-0.05, 0) is 52.5 Å². The zero-order chi connectivity index (χ0) is 14.0. The monoisotopic (exact) mass is 251 g/mol. The van der Waals surface area contributed by atoms with Crippen LogP contribution in [0.3, 0.4) is 0 Å². The average molecular weight is 251 g/mol. The number of rotatable bonds is 5. The largest absolute Gasteiger partial charge is 0.312 e. The average Bonchev–Trinajstić information content (AvgIpc) is 2.62. The predicted octanol–water partition coefficient (Wildman–Crippen LogP) is 3.42. The van der Waals surface area contributed by atoms with Crippen LogP contribution < -0.4 is 5.32 Å². The van der Waals surface area contributed by atoms with Gasteiger partial charge in [-0.15, -0.1) is 0 Å². The Kier molecular flexibility index (Phi) is 4.60. The van der Waals surface area contributed by atoms with E-state index in [1.54, 1.807) is 0 Å². The van der Waals surface area contributed by atoms with Crippen LogP contribution in [-0.4, -0.2) is 21.9 Å². The van der Waals surface area contributed by atoms with Gasteiger partial charge in [0.25, 0.3) is 0 Å². The molecule has 0 amide bonds. The molecule has 0 unspecified atom stereocenters. The number of nitrogens with zero attached hydrogens (tertiary/aromatic N) is 2. The van der Waals surface area contributed by atoms with Gasteiger partial charge < -0.3 is 5.32 Å². The Hall–Kier alpha value is -0.830. The number of hydrogen-bond donors (Lipinski definition) is 1. The van der Waals surface area contributed by atoms with Crippen molar-refractivity contribution < 1.29 is 0 Å². The summed E-state index contributed by atoms with van der Waals surface area (Å²) in [7, 11) is 0. The quantitative estimate of drug-likeness (QED) is 0.869. The molecule has 1 aromatic heterocycles. The van der Waals surface area contributed by atoms with Crippen molar-refractivity contribution in [2.45, 2.75) is 66.5 Å². The van der Waals surface area contributed by atoms with Crippen LogP contribution in [0.5, 0.6) is 0 Å². The van der Waals surface area contributed by atoms with E-state index in [1.807, 2.05) is 4.68 Å². The van der Waals surface area contributed by atoms with Crippen LogP contribution in [-0.2, 0) is 6.42 Å². The van der Waals surface area contributed by atoms with E-state index >= 15 is 0 Å². The second-order valence-corrected chi connectivity index (χ2v) is 7.33. The minimum atomic E-state index is 0.175. The topological polar surface area (TPSA) is 29.9 Å². The van der Waals surface area contributed by atoms with Crippen LogP contribution in [0.1, 0.15) is 60.2 Å². The summed E-state index contributed by atoms with van der Waals surface area (Å²) < 4.78 is 2.03. The van der Waals surface area contributed by atoms with Crippen LogP contribution >= 0.6 is 0 Å². The number of hydrogen-bond acceptors (Lipinski definition) is 2. The van der Waals surface area contributed by atoms with E-state index in [4.69, 9.17) is 0 Å². The van der Waals surface area contributed by atoms with Gasteiger partial charge in [-0.2, -0.15) is 5.10 Å². The summed E-state index contributed by atoms with van der Waals surface area (Å²) in [5.41, 5.74) is 1.59. The fourth-order valence-electron chi connectivity index (χ4n) is 1.82. The molecule has 0 aliphatic carbocycles. The molecule has 0 saturated carbocycles. The molecule has 18 heavy (non-hydrogen) atoms. The first-order valence-electron chi connectivity index (χ1n) is 6.88. The van der Waals surface area contributed by atoms with Crippen LogP contribution in [0.25, 0.3) is 0 Å². The summed E-state index contributed by atoms with van der Waals surface area (Å²) in [5, 5.41) is 8.21. The molecule has 0 atom stereocenters. The molecule has 3 heteroatoms. The fraction of sp³-hybridized carbons (Fsp3) is 0.800. The minimum Gasteiger partial charge on any atom is -0.312 e. The Labute approximate surface area is 112 Å². The van der Waals surface area contributed by atoms with E-state index in [1.165, 1.54) is 5.69 Å². The SMILES string of the molecule is CC(C)n1ccc(CC(C)(C)CNC(C)(C)C)n1. The second-order valence-electron chi connectivity index (χ2n) is 7.33. The molecule has 0 aliphatic heterocycles. The molecule has 0 saturated heterocycles. The summed E-state index contributed by atoms with van der Waals surface area (Å²) in [4.78, 5) is 0. The Bertz CT molecular complexity index is 369. The van der Waals surface area contributed by atoms with Gasteiger partial charge in [-0.25, -0.2) is 0 Å². The molecule has 1 N–H and O–H groups in total. The van der Waals surface area contributed by atoms with Gasteiger partial charge >= 0.3 is 0 Å². The van der Waals surface area contributed by atoms with Crippen molar-refractivity contribution in [1.29, 1.82) is 0 Å². The van der Waals surface area contributed by atoms with E-state index in [2.05, 4.69) is 71.1 Å². The molecule has 1 aromatic rings. The highest BCUT2D eigenvalue weighted by molar-refractivity contribution is 5.03. The van der Waals surface area contributed by atoms with Crippen molar-refractivity contribution in [3.05, 3.63) is 18.0 Å². The highest BCUT2D eigenvalue weighted by Crippen LogP contribution is 2.21. The summed E-state index contributed by atoms with van der Waals surface area (Å²) >= 11 is 0. The van der Waals surface area contributed by atoms with Gasteiger partial charge in [0.05, 0.1) is 5.69 Å². The summed E-state index contributed by atoms with van der Waals surface area (Å²) in [5.74, 6) is 0. The van der Waals surface area contributed by atoms with Crippen LogP contribution in [0.15, 0.2) is 12.3 Å². The zero-order valence-corrected chi connectivity index (χ0v) is 13.0. The molecule has 0 bridgehead atoms. The molecule has 0 spiro atoms. The second kappa shape index (κ2) is 5.43. The van der Waals surface area contributed by atoms with Gasteiger partial charge in [-0.1, -0.05) is 13.8 Å². The van der Waals surface area contributed by atoms with E-state index in [0.717, 1.165) is 13.0 Å². The fourth-order valence-corrected chi connectivity index (χ4v) is 1.82. The van der Waals surface area contributed by atoms with Crippen molar-refractivity contribution in [3.63, 3.8) is 0 Å². The third-order valence-corrected chi connectivity index (χ3v) is 2.95. The summed E-state index contributed by atoms with van der Waals surface area (Å²) in [6, 6.07) is 2.58. The molecule has 104 valence electrons. The lowest BCUT2D eigenvalue weighted by molar-refractivity contribution is 0.286. The Morgan fingerprint density at radius 1 is 1.22 bits per heavy atom. The third kappa shape index (κ3) is 5.21. The highest BCUT2D eigenvalue weighted by Gasteiger charge is 2.22. The van der Waals surface area contributed by atoms with Crippen LogP contribution in [0.4, 0.5) is 0 Å². The predicted molar refractivity (Wildman–Crippen MR) is 77.9 cm³/mol. The van der Waals surface area contributed by atoms with Crippen molar-refractivity contribution in [2.75, 3.05) is 6.54 Å². The van der Waals surface area contributed by atoms with Gasteiger partial charge in [0.15, 0.2) is 0 Å². The Balaban J connectivity index is 2.58. The van der Waals surface area contributed by atoms with E-state index in [0.29, 0.717) is 6.04 Å². The van der Waals surface area contributed by atoms with Gasteiger partial charge in [0.1, 0.15) is 0 Å². The lowest BCUT2D eigenvalue weighted by Gasteiger charge is -2.30. The molecular weight excluding hydrogens is 222 g/mol. The maximum atomic E-state index is 4.63. The smallest absolute Gasteiger partial charge is 0.0630 e. The normalized spacial score (nSPS) is 13.3. The first kappa shape index (κ1) is 15.2. The standard InChI is InChI=1S/C15H29N3/c1-12(2)18-9-8-13(17-18)10-15(6,7)11-16-14(3,4)5/h8-9,12,16H,10-11H2,1-7H3. The van der Waals surface area contributed by atoms with Gasteiger partial charge in [-0.3, -0.25) is 4.68 Å². The molecule has 0 aromatic carbocycles. The minimum absolute atomic E-state index is 0.175. The zero-order valence-electron chi connectivity index (χ0n) is 13.0. The van der Waals surface area contributed by atoms with E-state index in [-0.39, 0.29) is 11.0 Å². The highest BCUT2D eigenvalue weighted by atomic mass is 15.3. The van der Waals surface area contributed by atoms with Crippen molar-refractivity contribution in [2.24, 2.45) is 5.41 Å².